The molecule has 0 radical (unpaired) electrons. The molecule has 0 bridgehead atoms. The van der Waals surface area contributed by atoms with Gasteiger partial charge in [-0.25, -0.2) is 0 Å². The first-order valence-electron chi connectivity index (χ1n) is 9.60. The van der Waals surface area contributed by atoms with Crippen molar-refractivity contribution in [3.05, 3.63) is 57.8 Å². The molecule has 6 nitrogen and oxygen atoms in total. The normalized spacial score (nSPS) is 17.4. The lowest BCUT2D eigenvalue weighted by molar-refractivity contribution is -0.122. The number of carbonyl (C=O) groups excluding carboxylic acids is 3. The van der Waals surface area contributed by atoms with Crippen LogP contribution in [0.1, 0.15) is 38.4 Å². The average Bonchev–Trinajstić information content (AvgIpc) is 3.35. The molecular weight excluding hydrogens is 374 g/mol. The number of thiophene rings is 1. The first-order valence-corrected chi connectivity index (χ1v) is 10.5. The van der Waals surface area contributed by atoms with Gasteiger partial charge in [-0.2, -0.15) is 0 Å². The third-order valence-electron chi connectivity index (χ3n) is 5.12. The van der Waals surface area contributed by atoms with E-state index in [4.69, 9.17) is 0 Å². The Morgan fingerprint density at radius 1 is 0.964 bits per heavy atom. The molecule has 1 aromatic carbocycles. The van der Waals surface area contributed by atoms with Gasteiger partial charge in [0.15, 0.2) is 0 Å². The number of carbonyl (C=O) groups is 3. The zero-order valence-electron chi connectivity index (χ0n) is 15.6. The lowest BCUT2D eigenvalue weighted by Crippen LogP contribution is -2.51. The van der Waals surface area contributed by atoms with Gasteiger partial charge in [0.1, 0.15) is 0 Å². The van der Waals surface area contributed by atoms with Crippen LogP contribution in [0.25, 0.3) is 0 Å². The molecule has 2 aliphatic rings. The Hall–Kier alpha value is -2.51. The Morgan fingerprint density at radius 3 is 2.32 bits per heavy atom. The van der Waals surface area contributed by atoms with Crippen LogP contribution < -0.4 is 5.32 Å². The summed E-state index contributed by atoms with van der Waals surface area (Å²) in [5.74, 6) is -0.175. The highest BCUT2D eigenvalue weighted by Crippen LogP contribution is 2.21. The highest BCUT2D eigenvalue weighted by Gasteiger charge is 2.28. The van der Waals surface area contributed by atoms with Crippen LogP contribution in [0.15, 0.2) is 41.8 Å². The van der Waals surface area contributed by atoms with Crippen LogP contribution in [0.3, 0.4) is 0 Å². The number of nitrogens with zero attached hydrogens (tertiary/aromatic N) is 2. The van der Waals surface area contributed by atoms with E-state index in [2.05, 4.69) is 10.2 Å². The van der Waals surface area contributed by atoms with Crippen LogP contribution in [0, 0.1) is 0 Å². The fraction of sp³-hybridized carbons (Fsp3) is 0.381. The van der Waals surface area contributed by atoms with Crippen LogP contribution in [0.2, 0.25) is 0 Å². The quantitative estimate of drug-likeness (QED) is 0.757. The van der Waals surface area contributed by atoms with E-state index < -0.39 is 0 Å². The lowest BCUT2D eigenvalue weighted by atomic mass is 10.0. The van der Waals surface area contributed by atoms with Gasteiger partial charge in [0, 0.05) is 37.8 Å². The summed E-state index contributed by atoms with van der Waals surface area (Å²) in [5, 5.41) is 4.85. The van der Waals surface area contributed by atoms with Gasteiger partial charge in [0.2, 0.25) is 11.7 Å². The van der Waals surface area contributed by atoms with Crippen molar-refractivity contribution in [2.24, 2.45) is 0 Å². The SMILES string of the molecule is O=C(CN1CCN(C(=O)c2ccccc2C(=O)c2cccs2)CC1)NC1CC1. The van der Waals surface area contributed by atoms with Crippen LogP contribution in [0.5, 0.6) is 0 Å². The largest absolute Gasteiger partial charge is 0.352 e. The molecule has 4 rings (SSSR count). The number of amides is 2. The van der Waals surface area contributed by atoms with Crippen molar-refractivity contribution < 1.29 is 14.4 Å². The molecule has 2 aromatic rings. The second kappa shape index (κ2) is 8.24. The summed E-state index contributed by atoms with van der Waals surface area (Å²) in [6.07, 6.45) is 2.16. The zero-order chi connectivity index (χ0) is 19.5. The lowest BCUT2D eigenvalue weighted by Gasteiger charge is -2.34. The summed E-state index contributed by atoms with van der Waals surface area (Å²) in [6.45, 7) is 2.80. The molecule has 0 spiro atoms. The minimum Gasteiger partial charge on any atom is -0.352 e. The van der Waals surface area contributed by atoms with Crippen molar-refractivity contribution in [1.29, 1.82) is 0 Å². The summed E-state index contributed by atoms with van der Waals surface area (Å²) in [6, 6.07) is 11.0. The first-order chi connectivity index (χ1) is 13.6. The van der Waals surface area contributed by atoms with Gasteiger partial charge in [-0.05, 0) is 30.4 Å². The Bertz CT molecular complexity index is 869. The van der Waals surface area contributed by atoms with Crippen molar-refractivity contribution in [3.8, 4) is 0 Å². The molecular formula is C21H23N3O3S. The molecule has 2 heterocycles. The summed E-state index contributed by atoms with van der Waals surface area (Å²) in [7, 11) is 0. The van der Waals surface area contributed by atoms with Crippen molar-refractivity contribution >= 4 is 28.9 Å². The second-order valence-electron chi connectivity index (χ2n) is 7.26. The van der Waals surface area contributed by atoms with Crippen molar-refractivity contribution in [3.63, 3.8) is 0 Å². The van der Waals surface area contributed by atoms with Crippen molar-refractivity contribution in [2.45, 2.75) is 18.9 Å². The van der Waals surface area contributed by atoms with Crippen LogP contribution in [0.4, 0.5) is 0 Å². The molecule has 28 heavy (non-hydrogen) atoms. The number of rotatable bonds is 6. The zero-order valence-corrected chi connectivity index (χ0v) is 16.4. The number of benzene rings is 1. The molecule has 1 aliphatic carbocycles. The minimum absolute atomic E-state index is 0.0640. The Labute approximate surface area is 168 Å². The number of hydrogen-bond acceptors (Lipinski definition) is 5. The molecule has 1 aliphatic heterocycles. The van der Waals surface area contributed by atoms with Crippen LogP contribution in [-0.2, 0) is 4.79 Å². The van der Waals surface area contributed by atoms with Gasteiger partial charge < -0.3 is 10.2 Å². The highest BCUT2D eigenvalue weighted by molar-refractivity contribution is 7.12. The van der Waals surface area contributed by atoms with Crippen LogP contribution >= 0.6 is 11.3 Å². The van der Waals surface area contributed by atoms with Gasteiger partial charge in [-0.1, -0.05) is 24.3 Å². The van der Waals surface area contributed by atoms with Gasteiger partial charge >= 0.3 is 0 Å². The summed E-state index contributed by atoms with van der Waals surface area (Å²) in [5.41, 5.74) is 0.891. The number of nitrogens with one attached hydrogen (secondary N) is 1. The van der Waals surface area contributed by atoms with E-state index in [-0.39, 0.29) is 17.6 Å². The molecule has 0 atom stereocenters. The van der Waals surface area contributed by atoms with E-state index in [0.29, 0.717) is 54.8 Å². The average molecular weight is 398 g/mol. The fourth-order valence-corrected chi connectivity index (χ4v) is 4.07. The Morgan fingerprint density at radius 2 is 1.68 bits per heavy atom. The van der Waals surface area contributed by atoms with E-state index >= 15 is 0 Å². The van der Waals surface area contributed by atoms with E-state index in [1.807, 2.05) is 11.4 Å². The fourth-order valence-electron chi connectivity index (χ4n) is 3.39. The van der Waals surface area contributed by atoms with E-state index in [1.54, 1.807) is 35.2 Å². The molecule has 2 fully saturated rings. The summed E-state index contributed by atoms with van der Waals surface area (Å²) < 4.78 is 0. The first kappa shape index (κ1) is 18.8. The molecule has 1 N–H and O–H groups in total. The number of hydrogen-bond donors (Lipinski definition) is 1. The van der Waals surface area contributed by atoms with Gasteiger partial charge in [-0.15, -0.1) is 11.3 Å². The second-order valence-corrected chi connectivity index (χ2v) is 8.21. The molecule has 1 aromatic heterocycles. The van der Waals surface area contributed by atoms with Gasteiger partial charge in [0.25, 0.3) is 5.91 Å². The predicted molar refractivity (Wildman–Crippen MR) is 108 cm³/mol. The number of piperazine rings is 1. The van der Waals surface area contributed by atoms with Crippen molar-refractivity contribution in [1.82, 2.24) is 15.1 Å². The maximum absolute atomic E-state index is 13.1. The predicted octanol–water partition coefficient (Wildman–Crippen LogP) is 2.02. The third-order valence-corrected chi connectivity index (χ3v) is 5.98. The topological polar surface area (TPSA) is 69.7 Å². The maximum atomic E-state index is 13.1. The van der Waals surface area contributed by atoms with Gasteiger partial charge in [-0.3, -0.25) is 19.3 Å². The molecule has 146 valence electrons. The molecule has 1 saturated heterocycles. The molecule has 1 saturated carbocycles. The van der Waals surface area contributed by atoms with E-state index in [9.17, 15) is 14.4 Å². The summed E-state index contributed by atoms with van der Waals surface area (Å²) in [4.78, 5) is 42.3. The van der Waals surface area contributed by atoms with Gasteiger partial charge in [0.05, 0.1) is 17.0 Å². The third kappa shape index (κ3) is 4.31. The van der Waals surface area contributed by atoms with Crippen LogP contribution in [-0.4, -0.2) is 66.2 Å². The highest BCUT2D eigenvalue weighted by atomic mass is 32.1. The monoisotopic (exact) mass is 397 g/mol. The smallest absolute Gasteiger partial charge is 0.254 e. The Kier molecular flexibility index (Phi) is 5.54. The summed E-state index contributed by atoms with van der Waals surface area (Å²) >= 11 is 1.38. The van der Waals surface area contributed by atoms with E-state index in [1.165, 1.54) is 11.3 Å². The molecule has 7 heteroatoms. The Balaban J connectivity index is 1.39. The number of ketones is 1. The molecule has 2 amide bonds. The minimum atomic E-state index is -0.123. The standard InChI is InChI=1S/C21H23N3O3S/c25-19(22-15-7-8-15)14-23-9-11-24(12-10-23)21(27)17-5-2-1-4-16(17)20(26)18-6-3-13-28-18/h1-6,13,15H,7-12,14H2,(H,22,25). The molecule has 0 unspecified atom stereocenters. The van der Waals surface area contributed by atoms with E-state index in [0.717, 1.165) is 12.8 Å². The van der Waals surface area contributed by atoms with Crippen molar-refractivity contribution in [2.75, 3.05) is 32.7 Å². The maximum Gasteiger partial charge on any atom is 0.254 e.